The molecule has 7 heteroatoms. The Hall–Kier alpha value is -4.29. The van der Waals surface area contributed by atoms with Gasteiger partial charge in [0, 0.05) is 24.5 Å². The molecule has 0 bridgehead atoms. The number of nitrogens with one attached hydrogen (secondary N) is 1. The average Bonchev–Trinajstić information content (AvgIpc) is 2.99. The van der Waals surface area contributed by atoms with Crippen LogP contribution in [-0.4, -0.2) is 37.0 Å². The quantitative estimate of drug-likeness (QED) is 0.237. The monoisotopic (exact) mass is 556 g/mol. The van der Waals surface area contributed by atoms with Crippen molar-refractivity contribution >= 4 is 23.4 Å². The molecule has 4 aromatic carbocycles. The van der Waals surface area contributed by atoms with Crippen LogP contribution in [-0.2, 0) is 35.5 Å². The van der Waals surface area contributed by atoms with E-state index in [9.17, 15) is 9.59 Å². The molecule has 6 nitrogen and oxygen atoms in total. The van der Waals surface area contributed by atoms with Gasteiger partial charge in [-0.15, -0.1) is 0 Å². The van der Waals surface area contributed by atoms with Crippen LogP contribution in [0, 0.1) is 0 Å². The Kier molecular flexibility index (Phi) is 10.2. The number of rotatable bonds is 12. The van der Waals surface area contributed by atoms with E-state index in [1.807, 2.05) is 78.9 Å². The van der Waals surface area contributed by atoms with E-state index in [-0.39, 0.29) is 24.8 Å². The molecule has 1 N–H and O–H groups in total. The molecule has 0 aromatic heterocycles. The van der Waals surface area contributed by atoms with Gasteiger partial charge in [-0.1, -0.05) is 90.5 Å². The third-order valence-corrected chi connectivity index (χ3v) is 6.90. The number of methoxy groups -OCH3 is 2. The van der Waals surface area contributed by atoms with Gasteiger partial charge in [-0.05, 0) is 46.5 Å². The average molecular weight is 557 g/mol. The number of halogens is 1. The molecule has 0 aliphatic rings. The summed E-state index contributed by atoms with van der Waals surface area (Å²) >= 11 is 6.12. The van der Waals surface area contributed by atoms with Crippen molar-refractivity contribution in [3.05, 3.63) is 130 Å². The minimum atomic E-state index is -0.741. The van der Waals surface area contributed by atoms with Crippen LogP contribution in [0.25, 0.3) is 0 Å². The fourth-order valence-electron chi connectivity index (χ4n) is 4.51. The summed E-state index contributed by atoms with van der Waals surface area (Å²) < 4.78 is 10.8. The molecule has 0 saturated carbocycles. The molecule has 206 valence electrons. The van der Waals surface area contributed by atoms with Gasteiger partial charge in [0.2, 0.25) is 11.8 Å². The summed E-state index contributed by atoms with van der Waals surface area (Å²) in [5.41, 5.74) is 3.57. The number of benzene rings is 4. The van der Waals surface area contributed by atoms with Gasteiger partial charge in [0.25, 0.3) is 0 Å². The minimum Gasteiger partial charge on any atom is -0.493 e. The lowest BCUT2D eigenvalue weighted by molar-refractivity contribution is -0.140. The third kappa shape index (κ3) is 7.87. The van der Waals surface area contributed by atoms with Crippen molar-refractivity contribution in [1.82, 2.24) is 10.2 Å². The highest BCUT2D eigenvalue weighted by atomic mass is 35.5. The summed E-state index contributed by atoms with van der Waals surface area (Å²) in [7, 11) is 3.13. The molecule has 0 unspecified atom stereocenters. The van der Waals surface area contributed by atoms with Gasteiger partial charge in [0.1, 0.15) is 6.04 Å². The van der Waals surface area contributed by atoms with Crippen molar-refractivity contribution < 1.29 is 19.1 Å². The second-order valence-electron chi connectivity index (χ2n) is 9.42. The Labute approximate surface area is 240 Å². The van der Waals surface area contributed by atoms with Crippen molar-refractivity contribution in [1.29, 1.82) is 0 Å². The Morgan fingerprint density at radius 1 is 0.750 bits per heavy atom. The Morgan fingerprint density at radius 3 is 1.98 bits per heavy atom. The number of carbonyl (C=O) groups excluding carboxylic acids is 2. The van der Waals surface area contributed by atoms with Gasteiger partial charge < -0.3 is 19.7 Å². The fourth-order valence-corrected chi connectivity index (χ4v) is 4.64. The number of ether oxygens (including phenoxy) is 2. The van der Waals surface area contributed by atoms with E-state index in [0.29, 0.717) is 29.5 Å². The van der Waals surface area contributed by atoms with E-state index >= 15 is 0 Å². The lowest BCUT2D eigenvalue weighted by Gasteiger charge is -2.32. The standard InChI is InChI=1S/C33H33ClN2O4/c1-39-30-18-15-27(20-31(30)40-2)21-32(37)36(23-26-13-16-28(34)17-14-26)29(19-24-9-5-3-6-10-24)33(38)35-22-25-11-7-4-8-12-25/h3-18,20,29H,19,21-23H2,1-2H3,(H,35,38)/t29-/m0/s1. The molecule has 1 atom stereocenters. The lowest BCUT2D eigenvalue weighted by atomic mass is 10.0. The van der Waals surface area contributed by atoms with Gasteiger partial charge in [0.05, 0.1) is 20.6 Å². The zero-order chi connectivity index (χ0) is 28.3. The molecule has 0 radical (unpaired) electrons. The topological polar surface area (TPSA) is 67.9 Å². The van der Waals surface area contributed by atoms with E-state index in [1.54, 1.807) is 43.4 Å². The van der Waals surface area contributed by atoms with E-state index in [1.165, 1.54) is 0 Å². The molecule has 0 spiro atoms. The summed E-state index contributed by atoms with van der Waals surface area (Å²) in [6, 6.07) is 31.4. The van der Waals surface area contributed by atoms with E-state index in [4.69, 9.17) is 21.1 Å². The molecule has 40 heavy (non-hydrogen) atoms. The maximum absolute atomic E-state index is 14.0. The smallest absolute Gasteiger partial charge is 0.243 e. The van der Waals surface area contributed by atoms with Crippen LogP contribution in [0.3, 0.4) is 0 Å². The minimum absolute atomic E-state index is 0.0885. The van der Waals surface area contributed by atoms with E-state index < -0.39 is 6.04 Å². The van der Waals surface area contributed by atoms with E-state index in [0.717, 1.165) is 22.3 Å². The molecular weight excluding hydrogens is 524 g/mol. The van der Waals surface area contributed by atoms with Crippen LogP contribution in [0.1, 0.15) is 22.3 Å². The summed E-state index contributed by atoms with van der Waals surface area (Å²) in [5.74, 6) is 0.720. The molecule has 0 fully saturated rings. The fraction of sp³-hybridized carbons (Fsp3) is 0.212. The van der Waals surface area contributed by atoms with Crippen molar-refractivity contribution in [3.8, 4) is 11.5 Å². The second kappa shape index (κ2) is 14.2. The predicted octanol–water partition coefficient (Wildman–Crippen LogP) is 5.86. The van der Waals surface area contributed by atoms with Crippen LogP contribution in [0.5, 0.6) is 11.5 Å². The van der Waals surface area contributed by atoms with Crippen molar-refractivity contribution in [2.45, 2.75) is 32.0 Å². The highest BCUT2D eigenvalue weighted by Crippen LogP contribution is 2.28. The molecule has 4 rings (SSSR count). The molecule has 0 aliphatic heterocycles. The highest BCUT2D eigenvalue weighted by molar-refractivity contribution is 6.30. The second-order valence-corrected chi connectivity index (χ2v) is 9.86. The van der Waals surface area contributed by atoms with Crippen LogP contribution < -0.4 is 14.8 Å². The molecular formula is C33H33ClN2O4. The van der Waals surface area contributed by atoms with Crippen molar-refractivity contribution in [2.75, 3.05) is 14.2 Å². The number of carbonyl (C=O) groups is 2. The maximum Gasteiger partial charge on any atom is 0.243 e. The van der Waals surface area contributed by atoms with Gasteiger partial charge in [-0.2, -0.15) is 0 Å². The molecule has 0 saturated heterocycles. The van der Waals surface area contributed by atoms with Gasteiger partial charge in [-0.3, -0.25) is 9.59 Å². The molecule has 4 aromatic rings. The van der Waals surface area contributed by atoms with Gasteiger partial charge in [-0.25, -0.2) is 0 Å². The first-order chi connectivity index (χ1) is 19.5. The first-order valence-electron chi connectivity index (χ1n) is 13.1. The summed E-state index contributed by atoms with van der Waals surface area (Å²) in [4.78, 5) is 29.4. The Morgan fingerprint density at radius 2 is 1.35 bits per heavy atom. The lowest BCUT2D eigenvalue weighted by Crippen LogP contribution is -2.50. The first kappa shape index (κ1) is 28.7. The van der Waals surface area contributed by atoms with Crippen molar-refractivity contribution in [2.24, 2.45) is 0 Å². The molecule has 0 heterocycles. The highest BCUT2D eigenvalue weighted by Gasteiger charge is 2.30. The van der Waals surface area contributed by atoms with Crippen LogP contribution in [0.4, 0.5) is 0 Å². The summed E-state index contributed by atoms with van der Waals surface area (Å²) in [6.45, 7) is 0.614. The van der Waals surface area contributed by atoms with Crippen LogP contribution in [0.2, 0.25) is 5.02 Å². The number of hydrogen-bond donors (Lipinski definition) is 1. The Bertz CT molecular complexity index is 1400. The van der Waals surface area contributed by atoms with Crippen molar-refractivity contribution in [3.63, 3.8) is 0 Å². The van der Waals surface area contributed by atoms with Crippen LogP contribution in [0.15, 0.2) is 103 Å². The molecule has 2 amide bonds. The largest absolute Gasteiger partial charge is 0.493 e. The third-order valence-electron chi connectivity index (χ3n) is 6.65. The van der Waals surface area contributed by atoms with Gasteiger partial charge >= 0.3 is 0 Å². The summed E-state index contributed by atoms with van der Waals surface area (Å²) in [5, 5.41) is 3.66. The summed E-state index contributed by atoms with van der Waals surface area (Å²) in [6.07, 6.45) is 0.456. The van der Waals surface area contributed by atoms with Gasteiger partial charge in [0.15, 0.2) is 11.5 Å². The first-order valence-corrected chi connectivity index (χ1v) is 13.4. The number of hydrogen-bond acceptors (Lipinski definition) is 4. The Balaban J connectivity index is 1.66. The maximum atomic E-state index is 14.0. The van der Waals surface area contributed by atoms with Crippen LogP contribution >= 0.6 is 11.6 Å². The zero-order valence-corrected chi connectivity index (χ0v) is 23.4. The molecule has 0 aliphatic carbocycles. The predicted molar refractivity (Wildman–Crippen MR) is 157 cm³/mol. The number of nitrogens with zero attached hydrogens (tertiary/aromatic N) is 1. The number of amides is 2. The zero-order valence-electron chi connectivity index (χ0n) is 22.7. The SMILES string of the molecule is COc1ccc(CC(=O)N(Cc2ccc(Cl)cc2)[C@@H](Cc2ccccc2)C(=O)NCc2ccccc2)cc1OC. The van der Waals surface area contributed by atoms with E-state index in [2.05, 4.69) is 5.32 Å². The normalized spacial score (nSPS) is 11.4.